The number of nitrogens with one attached hydrogen (secondary N) is 9. The summed E-state index contributed by atoms with van der Waals surface area (Å²) in [7, 11) is 3.95. The fourth-order valence-corrected chi connectivity index (χ4v) is 13.1. The Hall–Kier alpha value is -8.93. The largest absolute Gasteiger partial charge is 0.480 e. The number of nitrogen functional groups attached to an aromatic ring is 1. The van der Waals surface area contributed by atoms with E-state index in [9.17, 15) is 57.8 Å². The fourth-order valence-electron chi connectivity index (χ4n) is 10.6. The number of hydrogen-bond acceptors (Lipinski definition) is 25. The van der Waals surface area contributed by atoms with Crippen LogP contribution < -0.4 is 71.0 Å². The first-order valence-electron chi connectivity index (χ1n) is 28.5. The Morgan fingerprint density at radius 1 is 0.911 bits per heavy atom. The summed E-state index contributed by atoms with van der Waals surface area (Å²) in [6.45, 7) is 7.54. The molecule has 5 heterocycles. The summed E-state index contributed by atoms with van der Waals surface area (Å²) in [5.74, 6) is -8.17. The molecule has 2 fully saturated rings. The first-order valence-corrected chi connectivity index (χ1v) is 31.0. The lowest BCUT2D eigenvalue weighted by Crippen LogP contribution is -2.57. The van der Waals surface area contributed by atoms with Crippen LogP contribution in [-0.4, -0.2) is 198 Å². The van der Waals surface area contributed by atoms with E-state index in [1.165, 1.54) is 60.9 Å². The minimum Gasteiger partial charge on any atom is -0.480 e. The van der Waals surface area contributed by atoms with Crippen molar-refractivity contribution in [1.82, 2.24) is 62.1 Å². The van der Waals surface area contributed by atoms with Crippen LogP contribution in [0, 0.1) is 5.92 Å². The van der Waals surface area contributed by atoms with Crippen molar-refractivity contribution < 1.29 is 67.6 Å². The van der Waals surface area contributed by atoms with Gasteiger partial charge < -0.3 is 84.7 Å². The number of amides is 5. The van der Waals surface area contributed by atoms with Crippen LogP contribution in [0.4, 0.5) is 16.4 Å². The summed E-state index contributed by atoms with van der Waals surface area (Å²) in [6, 6.07) is -0.641. The lowest BCUT2D eigenvalue weighted by molar-refractivity contribution is -0.140. The van der Waals surface area contributed by atoms with Crippen LogP contribution >= 0.6 is 21.6 Å². The number of aliphatic imine (C=N–C) groups is 1. The van der Waals surface area contributed by atoms with Crippen LogP contribution in [0.1, 0.15) is 82.8 Å². The van der Waals surface area contributed by atoms with Crippen molar-refractivity contribution in [3.05, 3.63) is 74.6 Å². The fraction of sp³-hybridized carbons (Fsp3) is 0.509. The van der Waals surface area contributed by atoms with Crippen LogP contribution in [0.2, 0.25) is 0 Å². The second-order valence-electron chi connectivity index (χ2n) is 22.4. The van der Waals surface area contributed by atoms with Gasteiger partial charge in [-0.25, -0.2) is 19.6 Å². The van der Waals surface area contributed by atoms with E-state index in [0.717, 1.165) is 0 Å². The molecule has 9 atom stereocenters. The average Bonchev–Trinajstić information content (AvgIpc) is 1.55. The molecule has 3 aliphatic heterocycles. The number of methoxy groups -OCH3 is 1. The molecule has 3 aromatic rings. The monoisotopic (exact) mass is 1290 g/mol. The van der Waals surface area contributed by atoms with E-state index in [1.807, 2.05) is 13.8 Å². The second-order valence-corrected chi connectivity index (χ2v) is 25.0. The highest BCUT2D eigenvalue weighted by Crippen LogP contribution is 2.56. The molecular formula is C55H74N18O15S2. The van der Waals surface area contributed by atoms with Gasteiger partial charge in [0.15, 0.2) is 22.8 Å². The highest BCUT2D eigenvalue weighted by Gasteiger charge is 2.73. The molecule has 33 nitrogen and oxygen atoms in total. The van der Waals surface area contributed by atoms with Gasteiger partial charge in [-0.3, -0.25) is 58.4 Å². The van der Waals surface area contributed by atoms with Crippen molar-refractivity contribution in [1.29, 1.82) is 0 Å². The highest BCUT2D eigenvalue weighted by atomic mass is 33.1. The predicted octanol–water partition coefficient (Wildman–Crippen LogP) is -2.43. The standard InChI is InChI=1S/C55H74N18O15S2/c1-24-38(42(78)37-30(22-88-53(59)86)55(87-6)43-33(67-43)21-73(55)40(37)41(24)77)72-54(4,5)15-17-89-90-23-34(48(82)65-26(3)45(79)63-20-36(75)76)69-47(81)31(8-7-16-60-51(56)57)64-25(2)35(74)14-13-32(50(84)85)68-46(80)27-9-11-28(12-10-27)61-18-29-19-62-44-39(66-29)49(83)71-52(58)70-44/h9-12,19,25-26,30-34,43,61,64,67,72H,7-8,13-18,20-23H2,1-6H3,(H2,59,86)(H,63,79)(H,65,82)(H,68,80)(H,69,81)(H,75,76)(H,84,85)(H4,56,57,60)(H3,58,62,70,71,83)/t25-,26+,30-,31+,32+,33?,34+,43+,55-/m1/s1. The maximum absolute atomic E-state index is 14.5. The Kier molecular flexibility index (Phi) is 22.5. The van der Waals surface area contributed by atoms with Crippen molar-refractivity contribution in [3.63, 3.8) is 0 Å². The molecule has 19 N–H and O–H groups in total. The van der Waals surface area contributed by atoms with E-state index < -0.39 is 113 Å². The number of carbonyl (C=O) groups is 10. The van der Waals surface area contributed by atoms with Crippen molar-refractivity contribution >= 4 is 109 Å². The number of aromatic amines is 1. The lowest BCUT2D eigenvalue weighted by Gasteiger charge is -2.39. The zero-order valence-corrected chi connectivity index (χ0v) is 51.7. The van der Waals surface area contributed by atoms with Gasteiger partial charge in [-0.15, -0.1) is 0 Å². The van der Waals surface area contributed by atoms with Gasteiger partial charge in [0.25, 0.3) is 11.5 Å². The number of allylic oxidation sites excluding steroid dienone is 2. The summed E-state index contributed by atoms with van der Waals surface area (Å²) >= 11 is 0. The maximum Gasteiger partial charge on any atom is 0.404 e. The third-order valence-corrected chi connectivity index (χ3v) is 17.8. The number of aliphatic carboxylic acids is 2. The first-order chi connectivity index (χ1) is 42.5. The topological polar surface area (TPSA) is 527 Å². The summed E-state index contributed by atoms with van der Waals surface area (Å²) in [5.41, 5.74) is 21.2. The number of fused-ring (bicyclic) bond motifs is 5. The van der Waals surface area contributed by atoms with Gasteiger partial charge in [-0.2, -0.15) is 4.98 Å². The van der Waals surface area contributed by atoms with Crippen molar-refractivity contribution in [3.8, 4) is 0 Å². The van der Waals surface area contributed by atoms with Crippen molar-refractivity contribution in [2.45, 2.75) is 127 Å². The molecule has 0 spiro atoms. The minimum atomic E-state index is -1.52. The number of nitrogens with two attached hydrogens (primary N) is 4. The minimum absolute atomic E-state index is 0.00374. The number of benzene rings is 1. The van der Waals surface area contributed by atoms with Gasteiger partial charge in [-0.05, 0) is 84.6 Å². The second kappa shape index (κ2) is 29.6. The quantitative estimate of drug-likeness (QED) is 0.00738. The number of Topliss-reactive ketones (excluding diaryl/α,β-unsaturated/α-hetero) is 3. The molecule has 2 saturated heterocycles. The molecule has 486 valence electrons. The molecular weight excluding hydrogens is 1220 g/mol. The molecule has 4 aliphatic rings. The Balaban J connectivity index is 0.959. The molecule has 35 heteroatoms. The maximum atomic E-state index is 14.5. The van der Waals surface area contributed by atoms with Crippen LogP contribution in [0.15, 0.2) is 62.8 Å². The Morgan fingerprint density at radius 2 is 1.62 bits per heavy atom. The number of primary amides is 1. The van der Waals surface area contributed by atoms with Gasteiger partial charge in [-0.1, -0.05) is 21.6 Å². The summed E-state index contributed by atoms with van der Waals surface area (Å²) in [6.07, 6.45) is 0.227. The third kappa shape index (κ3) is 16.7. The zero-order valence-electron chi connectivity index (χ0n) is 50.1. The number of ether oxygens (including phenoxy) is 2. The van der Waals surface area contributed by atoms with E-state index >= 15 is 0 Å². The van der Waals surface area contributed by atoms with E-state index in [4.69, 9.17) is 37.5 Å². The number of rotatable bonds is 34. The molecule has 0 bridgehead atoms. The van der Waals surface area contributed by atoms with Crippen LogP contribution in [0.5, 0.6) is 0 Å². The van der Waals surface area contributed by atoms with Crippen molar-refractivity contribution in [2.75, 3.05) is 55.9 Å². The third-order valence-electron chi connectivity index (χ3n) is 15.4. The van der Waals surface area contributed by atoms with E-state index in [-0.39, 0.29) is 120 Å². The summed E-state index contributed by atoms with van der Waals surface area (Å²) < 4.78 is 11.3. The van der Waals surface area contributed by atoms with Gasteiger partial charge in [0, 0.05) is 72.1 Å². The number of piperazine rings is 1. The number of guanidine groups is 1. The van der Waals surface area contributed by atoms with Crippen molar-refractivity contribution in [2.24, 2.45) is 28.1 Å². The van der Waals surface area contributed by atoms with Gasteiger partial charge in [0.1, 0.15) is 37.1 Å². The molecule has 1 aromatic carbocycles. The van der Waals surface area contributed by atoms with Gasteiger partial charge in [0.2, 0.25) is 35.2 Å². The number of carboxylic acids is 2. The van der Waals surface area contributed by atoms with E-state index in [1.54, 1.807) is 24.0 Å². The summed E-state index contributed by atoms with van der Waals surface area (Å²) in [4.78, 5) is 165. The first kappa shape index (κ1) is 68.6. The number of aromatic nitrogens is 4. The number of nitrogens with zero attached hydrogens (tertiary/aromatic N) is 5. The number of anilines is 2. The highest BCUT2D eigenvalue weighted by molar-refractivity contribution is 8.76. The Bertz CT molecular complexity index is 3470. The lowest BCUT2D eigenvalue weighted by atomic mass is 9.82. The zero-order chi connectivity index (χ0) is 65.9. The van der Waals surface area contributed by atoms with Gasteiger partial charge >= 0.3 is 18.0 Å². The number of carboxylic acid groups (broad SMARTS) is 2. The molecule has 2 aromatic heterocycles. The van der Waals surface area contributed by atoms with Gasteiger partial charge in [0.05, 0.1) is 53.9 Å². The van der Waals surface area contributed by atoms with Crippen LogP contribution in [0.25, 0.3) is 11.2 Å². The number of carbonyl (C=O) groups excluding carboxylic acids is 8. The molecule has 5 amide bonds. The van der Waals surface area contributed by atoms with Crippen LogP contribution in [0.3, 0.4) is 0 Å². The van der Waals surface area contributed by atoms with E-state index in [2.05, 4.69) is 67.5 Å². The predicted molar refractivity (Wildman–Crippen MR) is 328 cm³/mol. The molecule has 0 saturated carbocycles. The average molecular weight is 1290 g/mol. The number of H-pyrrole nitrogens is 1. The molecule has 1 unspecified atom stereocenters. The normalized spacial score (nSPS) is 19.9. The SMILES string of the molecule is CO[C@@]12[C@H](COC(N)=O)C3=C(C(=O)C(C)=C(NC(C)(C)CCSSC[C@H](NC(=O)[C@H](CCCN=C(N)N)N[C@H](C)C(=O)CC[C@H](NC(=O)c4ccc(NCc5cnc6nc(N)[nH]c(=O)c6n5)cc4)C(=O)O)C(=O)N[C@@H](C)C(=O)NCC(=O)O)C3=O)N1CC1N[C@@H]12. The molecule has 7 rings (SSSR count). The number of ketones is 3. The van der Waals surface area contributed by atoms with Crippen LogP contribution in [-0.2, 0) is 54.4 Å². The number of hydrogen-bond donors (Lipinski definition) is 15. The Morgan fingerprint density at radius 3 is 2.29 bits per heavy atom. The molecule has 1 aliphatic carbocycles. The summed E-state index contributed by atoms with van der Waals surface area (Å²) in [5, 5.41) is 41.7. The molecule has 0 radical (unpaired) electrons. The Labute approximate surface area is 522 Å². The molecule has 90 heavy (non-hydrogen) atoms. The van der Waals surface area contributed by atoms with E-state index in [0.29, 0.717) is 30.1 Å². The smallest absolute Gasteiger partial charge is 0.404 e.